The first-order valence-electron chi connectivity index (χ1n) is 5.27. The Kier molecular flexibility index (Phi) is 5.55. The molecule has 0 aliphatic heterocycles. The highest BCUT2D eigenvalue weighted by molar-refractivity contribution is 9.09. The van der Waals surface area contributed by atoms with Gasteiger partial charge in [-0.25, -0.2) is 17.5 Å². The van der Waals surface area contributed by atoms with Crippen LogP contribution in [0.25, 0.3) is 0 Å². The number of hydrogen-bond acceptors (Lipinski definition) is 2. The monoisotopic (exact) mass is 323 g/mol. The van der Waals surface area contributed by atoms with Crippen LogP contribution in [0.3, 0.4) is 0 Å². The molecule has 6 heteroatoms. The minimum absolute atomic E-state index is 0.0384. The molecule has 17 heavy (non-hydrogen) atoms. The summed E-state index contributed by atoms with van der Waals surface area (Å²) in [5.74, 6) is -0.320. The summed E-state index contributed by atoms with van der Waals surface area (Å²) in [6.45, 7) is 2.31. The first-order chi connectivity index (χ1) is 7.95. The maximum Gasteiger partial charge on any atom is 0.240 e. The van der Waals surface area contributed by atoms with Crippen LogP contribution in [0.15, 0.2) is 29.2 Å². The van der Waals surface area contributed by atoms with Crippen molar-refractivity contribution in [3.63, 3.8) is 0 Å². The lowest BCUT2D eigenvalue weighted by atomic mass is 10.1. The largest absolute Gasteiger partial charge is 0.240 e. The summed E-state index contributed by atoms with van der Waals surface area (Å²) in [4.78, 5) is -0.0384. The lowest BCUT2D eigenvalue weighted by molar-refractivity contribution is 0.531. The molecule has 1 aromatic rings. The molecule has 0 saturated carbocycles. The van der Waals surface area contributed by atoms with Gasteiger partial charge in [-0.1, -0.05) is 28.9 Å². The van der Waals surface area contributed by atoms with Gasteiger partial charge in [-0.05, 0) is 30.5 Å². The Hall–Kier alpha value is -0.460. The van der Waals surface area contributed by atoms with E-state index in [2.05, 4.69) is 20.7 Å². The minimum atomic E-state index is -3.60. The molecule has 1 N–H and O–H groups in total. The lowest BCUT2D eigenvalue weighted by Crippen LogP contribution is -2.28. The molecule has 1 aromatic carbocycles. The van der Waals surface area contributed by atoms with Crippen molar-refractivity contribution in [2.24, 2.45) is 5.92 Å². The second kappa shape index (κ2) is 6.47. The quantitative estimate of drug-likeness (QED) is 0.818. The van der Waals surface area contributed by atoms with Crippen LogP contribution >= 0.6 is 15.9 Å². The van der Waals surface area contributed by atoms with Crippen LogP contribution in [0.2, 0.25) is 0 Å². The number of halogens is 2. The van der Waals surface area contributed by atoms with E-state index in [1.54, 1.807) is 0 Å². The number of rotatable bonds is 6. The van der Waals surface area contributed by atoms with Gasteiger partial charge < -0.3 is 0 Å². The van der Waals surface area contributed by atoms with Gasteiger partial charge in [0.15, 0.2) is 0 Å². The third kappa shape index (κ3) is 4.73. The zero-order valence-electron chi connectivity index (χ0n) is 9.49. The molecule has 0 spiro atoms. The Labute approximate surface area is 110 Å². The van der Waals surface area contributed by atoms with Crippen molar-refractivity contribution < 1.29 is 12.8 Å². The maximum atomic E-state index is 12.9. The molecule has 0 aliphatic rings. The first-order valence-corrected chi connectivity index (χ1v) is 7.87. The number of sulfonamides is 1. The molecule has 0 heterocycles. The first kappa shape index (κ1) is 14.6. The zero-order valence-corrected chi connectivity index (χ0v) is 11.9. The Morgan fingerprint density at radius 3 is 2.76 bits per heavy atom. The fourth-order valence-electron chi connectivity index (χ4n) is 1.26. The average molecular weight is 324 g/mol. The van der Waals surface area contributed by atoms with Crippen molar-refractivity contribution in [3.8, 4) is 0 Å². The Balaban J connectivity index is 2.69. The van der Waals surface area contributed by atoms with Crippen LogP contribution in [-0.2, 0) is 10.0 Å². The van der Waals surface area contributed by atoms with E-state index in [1.165, 1.54) is 18.2 Å². The topological polar surface area (TPSA) is 46.2 Å². The van der Waals surface area contributed by atoms with E-state index in [1.807, 2.05) is 6.92 Å². The molecule has 0 saturated heterocycles. The van der Waals surface area contributed by atoms with Gasteiger partial charge in [-0.2, -0.15) is 0 Å². The molecular formula is C11H15BrFNO2S. The van der Waals surface area contributed by atoms with Crippen LogP contribution in [0.4, 0.5) is 4.39 Å². The van der Waals surface area contributed by atoms with E-state index in [4.69, 9.17) is 0 Å². The molecular weight excluding hydrogens is 309 g/mol. The predicted molar refractivity (Wildman–Crippen MR) is 69.2 cm³/mol. The number of hydrogen-bond donors (Lipinski definition) is 1. The highest BCUT2D eigenvalue weighted by Crippen LogP contribution is 2.11. The van der Waals surface area contributed by atoms with Gasteiger partial charge in [0.05, 0.1) is 4.90 Å². The molecule has 0 aliphatic carbocycles. The summed E-state index contributed by atoms with van der Waals surface area (Å²) in [6, 6.07) is 4.98. The van der Waals surface area contributed by atoms with E-state index < -0.39 is 15.8 Å². The molecule has 1 unspecified atom stereocenters. The summed E-state index contributed by atoms with van der Waals surface area (Å²) in [5, 5.41) is 0.829. The molecule has 0 aromatic heterocycles. The summed E-state index contributed by atoms with van der Waals surface area (Å²) in [7, 11) is -3.60. The van der Waals surface area contributed by atoms with Gasteiger partial charge in [0.1, 0.15) is 5.82 Å². The van der Waals surface area contributed by atoms with Crippen molar-refractivity contribution in [1.29, 1.82) is 0 Å². The zero-order chi connectivity index (χ0) is 12.9. The van der Waals surface area contributed by atoms with Crippen LogP contribution < -0.4 is 4.72 Å². The van der Waals surface area contributed by atoms with Crippen molar-refractivity contribution in [3.05, 3.63) is 30.1 Å². The predicted octanol–water partition coefficient (Wildman–Crippen LogP) is 2.53. The second-order valence-corrected chi connectivity index (χ2v) is 6.45. The fraction of sp³-hybridized carbons (Fsp3) is 0.455. The number of alkyl halides is 1. The van der Waals surface area contributed by atoms with E-state index in [-0.39, 0.29) is 10.8 Å². The van der Waals surface area contributed by atoms with Crippen LogP contribution in [-0.4, -0.2) is 20.3 Å². The van der Waals surface area contributed by atoms with Gasteiger partial charge in [0.2, 0.25) is 10.0 Å². The van der Waals surface area contributed by atoms with E-state index in [0.717, 1.165) is 17.8 Å². The molecule has 3 nitrogen and oxygen atoms in total. The molecule has 0 fully saturated rings. The Bertz CT molecular complexity index is 464. The van der Waals surface area contributed by atoms with Crippen molar-refractivity contribution in [1.82, 2.24) is 4.72 Å². The molecule has 1 rings (SSSR count). The minimum Gasteiger partial charge on any atom is -0.211 e. The molecule has 1 atom stereocenters. The summed E-state index contributed by atoms with van der Waals surface area (Å²) < 4.78 is 39.0. The van der Waals surface area contributed by atoms with Gasteiger partial charge in [0, 0.05) is 11.9 Å². The highest BCUT2D eigenvalue weighted by atomic mass is 79.9. The van der Waals surface area contributed by atoms with Crippen LogP contribution in [0.1, 0.15) is 13.3 Å². The molecule has 0 radical (unpaired) electrons. The number of nitrogens with one attached hydrogen (secondary N) is 1. The van der Waals surface area contributed by atoms with Gasteiger partial charge >= 0.3 is 0 Å². The van der Waals surface area contributed by atoms with Crippen LogP contribution in [0.5, 0.6) is 0 Å². The standard InChI is InChI=1S/C11H15BrFNO2S/c1-9(5-6-12)8-14-17(15,16)11-4-2-3-10(13)7-11/h2-4,7,9,14H,5-6,8H2,1H3. The van der Waals surface area contributed by atoms with E-state index >= 15 is 0 Å². The van der Waals surface area contributed by atoms with Gasteiger partial charge in [-0.15, -0.1) is 0 Å². The third-order valence-electron chi connectivity index (χ3n) is 2.33. The Morgan fingerprint density at radius 2 is 2.18 bits per heavy atom. The Morgan fingerprint density at radius 1 is 1.47 bits per heavy atom. The lowest BCUT2D eigenvalue weighted by Gasteiger charge is -2.11. The van der Waals surface area contributed by atoms with Gasteiger partial charge in [0.25, 0.3) is 0 Å². The van der Waals surface area contributed by atoms with Gasteiger partial charge in [-0.3, -0.25) is 0 Å². The van der Waals surface area contributed by atoms with Crippen molar-refractivity contribution in [2.45, 2.75) is 18.2 Å². The fourth-order valence-corrected chi connectivity index (χ4v) is 3.24. The van der Waals surface area contributed by atoms with Crippen LogP contribution in [0, 0.1) is 11.7 Å². The average Bonchev–Trinajstić information content (AvgIpc) is 2.27. The SMILES string of the molecule is CC(CCBr)CNS(=O)(=O)c1cccc(F)c1. The molecule has 0 bridgehead atoms. The number of benzene rings is 1. The molecule has 96 valence electrons. The smallest absolute Gasteiger partial charge is 0.211 e. The highest BCUT2D eigenvalue weighted by Gasteiger charge is 2.15. The normalized spacial score (nSPS) is 13.6. The van der Waals surface area contributed by atoms with Crippen molar-refractivity contribution >= 4 is 26.0 Å². The summed E-state index contributed by atoms with van der Waals surface area (Å²) >= 11 is 3.30. The summed E-state index contributed by atoms with van der Waals surface area (Å²) in [5.41, 5.74) is 0. The maximum absolute atomic E-state index is 12.9. The van der Waals surface area contributed by atoms with E-state index in [9.17, 15) is 12.8 Å². The third-order valence-corrected chi connectivity index (χ3v) is 4.21. The second-order valence-electron chi connectivity index (χ2n) is 3.89. The van der Waals surface area contributed by atoms with E-state index in [0.29, 0.717) is 6.54 Å². The molecule has 0 amide bonds. The summed E-state index contributed by atoms with van der Waals surface area (Å²) in [6.07, 6.45) is 0.881. The van der Waals surface area contributed by atoms with Crippen molar-refractivity contribution in [2.75, 3.05) is 11.9 Å².